The van der Waals surface area contributed by atoms with Crippen molar-refractivity contribution < 1.29 is 4.79 Å². The highest BCUT2D eigenvalue weighted by molar-refractivity contribution is 5.93. The summed E-state index contributed by atoms with van der Waals surface area (Å²) in [5.41, 5.74) is 2.30. The first-order valence-corrected chi connectivity index (χ1v) is 9.40. The molecular formula is C20H28N2O. The van der Waals surface area contributed by atoms with Crippen LogP contribution in [0.25, 0.3) is 0 Å². The van der Waals surface area contributed by atoms with E-state index in [9.17, 15) is 4.79 Å². The van der Waals surface area contributed by atoms with Crippen molar-refractivity contribution in [2.45, 2.75) is 51.5 Å². The summed E-state index contributed by atoms with van der Waals surface area (Å²) in [5, 5.41) is 3.19. The van der Waals surface area contributed by atoms with Crippen LogP contribution >= 0.6 is 0 Å². The molecule has 3 atom stereocenters. The van der Waals surface area contributed by atoms with Crippen LogP contribution in [0.5, 0.6) is 0 Å². The molecule has 2 saturated carbocycles. The maximum atomic E-state index is 12.6. The minimum Gasteiger partial charge on any atom is -0.326 e. The van der Waals surface area contributed by atoms with Gasteiger partial charge < -0.3 is 5.32 Å². The van der Waals surface area contributed by atoms with Gasteiger partial charge in [0.1, 0.15) is 0 Å². The lowest BCUT2D eigenvalue weighted by Crippen LogP contribution is -2.29. The van der Waals surface area contributed by atoms with Crippen LogP contribution in [0.15, 0.2) is 24.3 Å². The molecule has 0 aromatic heterocycles. The first-order chi connectivity index (χ1) is 11.3. The van der Waals surface area contributed by atoms with E-state index in [4.69, 9.17) is 0 Å². The maximum Gasteiger partial charge on any atom is 0.227 e. The molecule has 3 aliphatic rings. The number of nitrogens with zero attached hydrogens (tertiary/aromatic N) is 1. The fourth-order valence-corrected chi connectivity index (χ4v) is 4.92. The molecule has 2 aliphatic carbocycles. The number of carbonyl (C=O) groups is 1. The number of carbonyl (C=O) groups excluding carboxylic acids is 1. The molecule has 1 heterocycles. The first kappa shape index (κ1) is 15.2. The lowest BCUT2D eigenvalue weighted by atomic mass is 9.88. The second kappa shape index (κ2) is 6.64. The summed E-state index contributed by atoms with van der Waals surface area (Å²) < 4.78 is 0. The van der Waals surface area contributed by atoms with Gasteiger partial charge in [-0.05, 0) is 74.7 Å². The molecule has 1 aromatic carbocycles. The van der Waals surface area contributed by atoms with E-state index in [1.165, 1.54) is 57.2 Å². The Bertz CT molecular complexity index is 565. The highest BCUT2D eigenvalue weighted by Gasteiger charge is 2.42. The van der Waals surface area contributed by atoms with Crippen molar-refractivity contribution in [1.82, 2.24) is 4.90 Å². The van der Waals surface area contributed by atoms with Crippen molar-refractivity contribution in [3.8, 4) is 0 Å². The number of piperidine rings is 1. The standard InChI is InChI=1S/C20H28N2O/c23-20(19-13-15-7-8-17(19)11-15)21-18-6-4-5-16(12-18)14-22-9-2-1-3-10-22/h4-6,12,15,17,19H,1-3,7-11,13-14H2,(H,21,23)/t15-,17-,19+/m0/s1. The van der Waals surface area contributed by atoms with Gasteiger partial charge in [0.05, 0.1) is 0 Å². The Kier molecular flexibility index (Phi) is 4.39. The molecule has 0 radical (unpaired) electrons. The maximum absolute atomic E-state index is 12.6. The van der Waals surface area contributed by atoms with Gasteiger partial charge >= 0.3 is 0 Å². The van der Waals surface area contributed by atoms with Crippen LogP contribution in [0.1, 0.15) is 50.5 Å². The van der Waals surface area contributed by atoms with Gasteiger partial charge in [-0.2, -0.15) is 0 Å². The number of hydrogen-bond acceptors (Lipinski definition) is 2. The van der Waals surface area contributed by atoms with E-state index < -0.39 is 0 Å². The molecule has 1 amide bonds. The predicted octanol–water partition coefficient (Wildman–Crippen LogP) is 4.05. The van der Waals surface area contributed by atoms with Crippen LogP contribution in [-0.4, -0.2) is 23.9 Å². The largest absolute Gasteiger partial charge is 0.326 e. The molecule has 0 spiro atoms. The molecule has 3 fully saturated rings. The number of likely N-dealkylation sites (tertiary alicyclic amines) is 1. The van der Waals surface area contributed by atoms with Crippen LogP contribution in [0.4, 0.5) is 5.69 Å². The Balaban J connectivity index is 1.37. The zero-order valence-electron chi connectivity index (χ0n) is 14.0. The van der Waals surface area contributed by atoms with Gasteiger partial charge in [-0.15, -0.1) is 0 Å². The zero-order valence-corrected chi connectivity index (χ0v) is 14.0. The average Bonchev–Trinajstić information content (AvgIpc) is 3.19. The van der Waals surface area contributed by atoms with Gasteiger partial charge in [-0.25, -0.2) is 0 Å². The summed E-state index contributed by atoms with van der Waals surface area (Å²) in [7, 11) is 0. The van der Waals surface area contributed by atoms with E-state index in [2.05, 4.69) is 28.4 Å². The smallest absolute Gasteiger partial charge is 0.227 e. The van der Waals surface area contributed by atoms with E-state index in [0.717, 1.165) is 24.6 Å². The minimum absolute atomic E-state index is 0.257. The Morgan fingerprint density at radius 2 is 2.00 bits per heavy atom. The summed E-state index contributed by atoms with van der Waals surface area (Å²) in [6.07, 6.45) is 9.02. The van der Waals surface area contributed by atoms with Gasteiger partial charge in [0, 0.05) is 18.2 Å². The summed E-state index contributed by atoms with van der Waals surface area (Å²) in [5.74, 6) is 1.99. The summed E-state index contributed by atoms with van der Waals surface area (Å²) >= 11 is 0. The van der Waals surface area contributed by atoms with Crippen molar-refractivity contribution in [1.29, 1.82) is 0 Å². The van der Waals surface area contributed by atoms with Crippen molar-refractivity contribution in [3.63, 3.8) is 0 Å². The SMILES string of the molecule is O=C(Nc1cccc(CN2CCCCC2)c1)[C@@H]1C[C@H]2CC[C@H]1C2. The van der Waals surface area contributed by atoms with Gasteiger partial charge in [-0.3, -0.25) is 9.69 Å². The Hall–Kier alpha value is -1.35. The lowest BCUT2D eigenvalue weighted by molar-refractivity contribution is -0.121. The van der Waals surface area contributed by atoms with E-state index >= 15 is 0 Å². The molecule has 4 rings (SSSR count). The zero-order chi connectivity index (χ0) is 15.6. The van der Waals surface area contributed by atoms with Gasteiger partial charge in [0.2, 0.25) is 5.91 Å². The van der Waals surface area contributed by atoms with E-state index in [-0.39, 0.29) is 11.8 Å². The van der Waals surface area contributed by atoms with Crippen LogP contribution in [0.2, 0.25) is 0 Å². The average molecular weight is 312 g/mol. The molecule has 3 nitrogen and oxygen atoms in total. The number of rotatable bonds is 4. The van der Waals surface area contributed by atoms with E-state index in [0.29, 0.717) is 5.92 Å². The van der Waals surface area contributed by atoms with Crippen molar-refractivity contribution in [3.05, 3.63) is 29.8 Å². The highest BCUT2D eigenvalue weighted by Crippen LogP contribution is 2.48. The van der Waals surface area contributed by atoms with Crippen molar-refractivity contribution in [2.24, 2.45) is 17.8 Å². The monoisotopic (exact) mass is 312 g/mol. The quantitative estimate of drug-likeness (QED) is 0.910. The molecule has 1 N–H and O–H groups in total. The predicted molar refractivity (Wildman–Crippen MR) is 93.1 cm³/mol. The Morgan fingerprint density at radius 1 is 1.13 bits per heavy atom. The third-order valence-electron chi connectivity index (χ3n) is 6.12. The topological polar surface area (TPSA) is 32.3 Å². The second-order valence-electron chi connectivity index (χ2n) is 7.81. The number of benzene rings is 1. The van der Waals surface area contributed by atoms with E-state index in [1.807, 2.05) is 6.07 Å². The summed E-state index contributed by atoms with van der Waals surface area (Å²) in [6.45, 7) is 3.43. The Morgan fingerprint density at radius 3 is 2.74 bits per heavy atom. The second-order valence-corrected chi connectivity index (χ2v) is 7.81. The fraction of sp³-hybridized carbons (Fsp3) is 0.650. The summed E-state index contributed by atoms with van der Waals surface area (Å²) in [4.78, 5) is 15.1. The third kappa shape index (κ3) is 3.45. The molecule has 2 bridgehead atoms. The van der Waals surface area contributed by atoms with Gasteiger partial charge in [0.25, 0.3) is 0 Å². The lowest BCUT2D eigenvalue weighted by Gasteiger charge is -2.26. The van der Waals surface area contributed by atoms with Gasteiger partial charge in [0.15, 0.2) is 0 Å². The first-order valence-electron chi connectivity index (χ1n) is 9.40. The van der Waals surface area contributed by atoms with Crippen molar-refractivity contribution >= 4 is 11.6 Å². The molecular weight excluding hydrogens is 284 g/mol. The highest BCUT2D eigenvalue weighted by atomic mass is 16.1. The summed E-state index contributed by atoms with van der Waals surface area (Å²) in [6, 6.07) is 8.46. The molecule has 1 saturated heterocycles. The normalized spacial score (nSPS) is 30.5. The number of hydrogen-bond donors (Lipinski definition) is 1. The Labute approximate surface area is 139 Å². The number of nitrogens with one attached hydrogen (secondary N) is 1. The molecule has 1 aromatic rings. The van der Waals surface area contributed by atoms with E-state index in [1.54, 1.807) is 0 Å². The molecule has 3 heteroatoms. The van der Waals surface area contributed by atoms with Crippen LogP contribution in [0.3, 0.4) is 0 Å². The van der Waals surface area contributed by atoms with Crippen LogP contribution in [0, 0.1) is 17.8 Å². The molecule has 124 valence electrons. The molecule has 23 heavy (non-hydrogen) atoms. The number of fused-ring (bicyclic) bond motifs is 2. The minimum atomic E-state index is 0.257. The number of amides is 1. The third-order valence-corrected chi connectivity index (χ3v) is 6.12. The van der Waals surface area contributed by atoms with Crippen LogP contribution in [-0.2, 0) is 11.3 Å². The van der Waals surface area contributed by atoms with Crippen LogP contribution < -0.4 is 5.32 Å². The number of anilines is 1. The molecule has 0 unspecified atom stereocenters. The molecule has 1 aliphatic heterocycles. The van der Waals surface area contributed by atoms with Crippen molar-refractivity contribution in [2.75, 3.05) is 18.4 Å². The van der Waals surface area contributed by atoms with Gasteiger partial charge in [-0.1, -0.05) is 25.0 Å². The fourth-order valence-electron chi connectivity index (χ4n) is 4.92.